The SMILES string of the molecule is CC1CC(C#Cc2cncc([C@H]3NC(=O)O[C@@H]3c3cccc(F)c3)c2)C1. The number of nitrogens with zero attached hydrogens (tertiary/aromatic N) is 1. The number of hydrogen-bond donors (Lipinski definition) is 1. The predicted octanol–water partition coefficient (Wildman–Crippen LogP) is 4.14. The van der Waals surface area contributed by atoms with Crippen LogP contribution < -0.4 is 5.32 Å². The molecule has 2 aromatic rings. The van der Waals surface area contributed by atoms with Crippen molar-refractivity contribution in [3.8, 4) is 11.8 Å². The van der Waals surface area contributed by atoms with Gasteiger partial charge in [0.05, 0.1) is 0 Å². The van der Waals surface area contributed by atoms with Crippen molar-refractivity contribution < 1.29 is 13.9 Å². The van der Waals surface area contributed by atoms with Gasteiger partial charge in [-0.2, -0.15) is 0 Å². The van der Waals surface area contributed by atoms with Gasteiger partial charge in [-0.25, -0.2) is 9.18 Å². The first-order chi connectivity index (χ1) is 12.6. The summed E-state index contributed by atoms with van der Waals surface area (Å²) in [4.78, 5) is 16.1. The third-order valence-electron chi connectivity index (χ3n) is 4.90. The lowest BCUT2D eigenvalue weighted by molar-refractivity contribution is 0.132. The molecule has 2 atom stereocenters. The van der Waals surface area contributed by atoms with E-state index in [0.717, 1.165) is 29.9 Å². The van der Waals surface area contributed by atoms with Gasteiger partial charge in [-0.1, -0.05) is 30.9 Å². The van der Waals surface area contributed by atoms with E-state index in [1.54, 1.807) is 24.5 Å². The van der Waals surface area contributed by atoms with Gasteiger partial charge >= 0.3 is 6.09 Å². The van der Waals surface area contributed by atoms with Gasteiger partial charge in [-0.3, -0.25) is 4.98 Å². The second kappa shape index (κ2) is 6.80. The lowest BCUT2D eigenvalue weighted by Gasteiger charge is -2.28. The number of carbonyl (C=O) groups excluding carboxylic acids is 1. The Bertz CT molecular complexity index is 896. The zero-order chi connectivity index (χ0) is 18.1. The number of amides is 1. The van der Waals surface area contributed by atoms with Gasteiger partial charge in [0.25, 0.3) is 0 Å². The molecular weight excluding hydrogens is 331 g/mol. The number of halogens is 1. The molecule has 5 heteroatoms. The van der Waals surface area contributed by atoms with Gasteiger partial charge in [0.15, 0.2) is 6.10 Å². The lowest BCUT2D eigenvalue weighted by atomic mass is 9.76. The minimum Gasteiger partial charge on any atom is -0.439 e. The molecule has 1 amide bonds. The highest BCUT2D eigenvalue weighted by Crippen LogP contribution is 2.37. The van der Waals surface area contributed by atoms with Crippen LogP contribution in [-0.2, 0) is 4.74 Å². The molecular formula is C21H19FN2O2. The Kier molecular flexibility index (Phi) is 4.34. The van der Waals surface area contributed by atoms with Gasteiger partial charge in [0.1, 0.15) is 11.9 Å². The summed E-state index contributed by atoms with van der Waals surface area (Å²) in [5.41, 5.74) is 2.20. The summed E-state index contributed by atoms with van der Waals surface area (Å²) < 4.78 is 18.9. The fourth-order valence-electron chi connectivity index (χ4n) is 3.52. The first kappa shape index (κ1) is 16.6. The van der Waals surface area contributed by atoms with Crippen LogP contribution in [0.5, 0.6) is 0 Å². The van der Waals surface area contributed by atoms with Crippen molar-refractivity contribution in [2.24, 2.45) is 11.8 Å². The highest BCUT2D eigenvalue weighted by molar-refractivity contribution is 5.71. The zero-order valence-corrected chi connectivity index (χ0v) is 14.4. The van der Waals surface area contributed by atoms with Gasteiger partial charge in [-0.05, 0) is 48.1 Å². The Morgan fingerprint density at radius 2 is 2.08 bits per heavy atom. The summed E-state index contributed by atoms with van der Waals surface area (Å²) >= 11 is 0. The highest BCUT2D eigenvalue weighted by Gasteiger charge is 2.36. The summed E-state index contributed by atoms with van der Waals surface area (Å²) in [7, 11) is 0. The molecule has 2 heterocycles. The van der Waals surface area contributed by atoms with E-state index in [9.17, 15) is 9.18 Å². The number of nitrogens with one attached hydrogen (secondary N) is 1. The third kappa shape index (κ3) is 3.41. The molecule has 0 bridgehead atoms. The van der Waals surface area contributed by atoms with E-state index in [1.165, 1.54) is 12.1 Å². The van der Waals surface area contributed by atoms with E-state index in [4.69, 9.17) is 4.74 Å². The van der Waals surface area contributed by atoms with Crippen molar-refractivity contribution in [1.82, 2.24) is 10.3 Å². The van der Waals surface area contributed by atoms with Crippen molar-refractivity contribution in [1.29, 1.82) is 0 Å². The number of hydrogen-bond acceptors (Lipinski definition) is 3. The maximum Gasteiger partial charge on any atom is 0.408 e. The standard InChI is InChI=1S/C21H19FN2O2/c1-13-7-14(8-13)5-6-15-9-17(12-23-11-15)19-20(26-21(25)24-19)16-3-2-4-18(22)10-16/h2-4,9-14,19-20H,7-8H2,1H3,(H,24,25)/t13?,14?,19-,20-/m1/s1. The molecule has 4 nitrogen and oxygen atoms in total. The molecule has 0 unspecified atom stereocenters. The molecule has 1 aliphatic carbocycles. The molecule has 4 rings (SSSR count). The third-order valence-corrected chi connectivity index (χ3v) is 4.90. The number of cyclic esters (lactones) is 1. The van der Waals surface area contributed by atoms with Crippen LogP contribution in [0, 0.1) is 29.5 Å². The van der Waals surface area contributed by atoms with Gasteiger partial charge in [0.2, 0.25) is 0 Å². The van der Waals surface area contributed by atoms with E-state index >= 15 is 0 Å². The lowest BCUT2D eigenvalue weighted by Crippen LogP contribution is -2.20. The summed E-state index contributed by atoms with van der Waals surface area (Å²) in [5, 5.41) is 2.79. The van der Waals surface area contributed by atoms with Crippen molar-refractivity contribution in [3.63, 3.8) is 0 Å². The average molecular weight is 350 g/mol. The van der Waals surface area contributed by atoms with Crippen LogP contribution in [0.25, 0.3) is 0 Å². The van der Waals surface area contributed by atoms with E-state index in [-0.39, 0.29) is 5.82 Å². The Labute approximate surface area is 151 Å². The molecule has 1 aromatic heterocycles. The minimum absolute atomic E-state index is 0.364. The van der Waals surface area contributed by atoms with Crippen molar-refractivity contribution in [3.05, 3.63) is 65.2 Å². The van der Waals surface area contributed by atoms with Gasteiger partial charge in [0, 0.05) is 23.9 Å². The van der Waals surface area contributed by atoms with E-state index < -0.39 is 18.2 Å². The number of aromatic nitrogens is 1. The van der Waals surface area contributed by atoms with Crippen LogP contribution in [0.3, 0.4) is 0 Å². The molecule has 1 saturated heterocycles. The summed E-state index contributed by atoms with van der Waals surface area (Å²) in [6.45, 7) is 2.23. The van der Waals surface area contributed by atoms with Crippen molar-refractivity contribution in [2.45, 2.75) is 31.9 Å². The fraction of sp³-hybridized carbons (Fsp3) is 0.333. The first-order valence-corrected chi connectivity index (χ1v) is 8.77. The van der Waals surface area contributed by atoms with Crippen molar-refractivity contribution in [2.75, 3.05) is 0 Å². The minimum atomic E-state index is -0.601. The topological polar surface area (TPSA) is 51.2 Å². The number of benzene rings is 1. The van der Waals surface area contributed by atoms with Crippen LogP contribution in [0.1, 0.15) is 48.6 Å². The normalized spacial score (nSPS) is 26.9. The Hall–Kier alpha value is -2.87. The van der Waals surface area contributed by atoms with Gasteiger partial charge < -0.3 is 10.1 Å². The van der Waals surface area contributed by atoms with Gasteiger partial charge in [-0.15, -0.1) is 0 Å². The second-order valence-corrected chi connectivity index (χ2v) is 7.05. The number of pyridine rings is 1. The molecule has 132 valence electrons. The fourth-order valence-corrected chi connectivity index (χ4v) is 3.52. The molecule has 1 aromatic carbocycles. The quantitative estimate of drug-likeness (QED) is 0.828. The highest BCUT2D eigenvalue weighted by atomic mass is 19.1. The van der Waals surface area contributed by atoms with E-state index in [2.05, 4.69) is 29.1 Å². The summed E-state index contributed by atoms with van der Waals surface area (Å²) in [5.74, 6) is 7.32. The van der Waals surface area contributed by atoms with E-state index in [0.29, 0.717) is 11.5 Å². The summed E-state index contributed by atoms with van der Waals surface area (Å²) in [6.07, 6.45) is 4.57. The van der Waals surface area contributed by atoms with E-state index in [1.807, 2.05) is 6.07 Å². The summed E-state index contributed by atoms with van der Waals surface area (Å²) in [6, 6.07) is 7.58. The molecule has 1 aliphatic heterocycles. The second-order valence-electron chi connectivity index (χ2n) is 7.05. The molecule has 26 heavy (non-hydrogen) atoms. The van der Waals surface area contributed by atoms with Crippen LogP contribution in [-0.4, -0.2) is 11.1 Å². The maximum atomic E-state index is 13.6. The molecule has 2 aliphatic rings. The van der Waals surface area contributed by atoms with Crippen LogP contribution in [0.15, 0.2) is 42.7 Å². The predicted molar refractivity (Wildman–Crippen MR) is 94.5 cm³/mol. The molecule has 0 spiro atoms. The monoisotopic (exact) mass is 350 g/mol. The number of alkyl carbamates (subject to hydrolysis) is 1. The number of carbonyl (C=O) groups is 1. The first-order valence-electron chi connectivity index (χ1n) is 8.77. The molecule has 0 radical (unpaired) electrons. The molecule has 2 fully saturated rings. The average Bonchev–Trinajstić information content (AvgIpc) is 3.00. The Balaban J connectivity index is 1.59. The number of rotatable bonds is 2. The Morgan fingerprint density at radius 3 is 2.85 bits per heavy atom. The smallest absolute Gasteiger partial charge is 0.408 e. The van der Waals surface area contributed by atoms with Crippen LogP contribution >= 0.6 is 0 Å². The zero-order valence-electron chi connectivity index (χ0n) is 14.4. The Morgan fingerprint density at radius 1 is 1.23 bits per heavy atom. The van der Waals surface area contributed by atoms with Crippen LogP contribution in [0.2, 0.25) is 0 Å². The maximum absolute atomic E-state index is 13.6. The van der Waals surface area contributed by atoms with Crippen molar-refractivity contribution >= 4 is 6.09 Å². The van der Waals surface area contributed by atoms with Crippen LogP contribution in [0.4, 0.5) is 9.18 Å². The number of ether oxygens (including phenoxy) is 1. The largest absolute Gasteiger partial charge is 0.439 e. The molecule has 1 saturated carbocycles. The molecule has 1 N–H and O–H groups in total.